The second-order valence-corrected chi connectivity index (χ2v) is 5.58. The summed E-state index contributed by atoms with van der Waals surface area (Å²) in [6.07, 6.45) is 2.99. The molecule has 112 valence electrons. The van der Waals surface area contributed by atoms with Crippen LogP contribution in [0.5, 0.6) is 0 Å². The fraction of sp³-hybridized carbons (Fsp3) is 0.611. The van der Waals surface area contributed by atoms with Crippen LogP contribution in [0.25, 0.3) is 0 Å². The summed E-state index contributed by atoms with van der Waals surface area (Å²) >= 11 is 0. The van der Waals surface area contributed by atoms with Crippen molar-refractivity contribution in [1.29, 1.82) is 0 Å². The Kier molecular flexibility index (Phi) is 6.41. The van der Waals surface area contributed by atoms with E-state index in [1.54, 1.807) is 0 Å². The van der Waals surface area contributed by atoms with Gasteiger partial charge in [-0.15, -0.1) is 0 Å². The van der Waals surface area contributed by atoms with Crippen LogP contribution < -0.4 is 0 Å². The van der Waals surface area contributed by atoms with Gasteiger partial charge in [-0.05, 0) is 44.5 Å². The molecule has 0 saturated carbocycles. The fourth-order valence-electron chi connectivity index (χ4n) is 2.92. The molecule has 0 aliphatic carbocycles. The summed E-state index contributed by atoms with van der Waals surface area (Å²) in [6, 6.07) is 8.15. The van der Waals surface area contributed by atoms with Crippen molar-refractivity contribution in [2.45, 2.75) is 59.4 Å². The van der Waals surface area contributed by atoms with Crippen LogP contribution in [0.2, 0.25) is 0 Å². The second-order valence-electron chi connectivity index (χ2n) is 5.58. The van der Waals surface area contributed by atoms with Crippen molar-refractivity contribution in [3.05, 3.63) is 35.4 Å². The van der Waals surface area contributed by atoms with Crippen molar-refractivity contribution in [3.8, 4) is 0 Å². The van der Waals surface area contributed by atoms with Gasteiger partial charge in [0.1, 0.15) is 0 Å². The van der Waals surface area contributed by atoms with Crippen molar-refractivity contribution in [3.63, 3.8) is 0 Å². The zero-order chi connectivity index (χ0) is 15.2. The minimum Gasteiger partial charge on any atom is -0.292 e. The van der Waals surface area contributed by atoms with Gasteiger partial charge in [0.05, 0.1) is 5.54 Å². The Morgan fingerprint density at radius 1 is 1.15 bits per heavy atom. The van der Waals surface area contributed by atoms with Gasteiger partial charge in [-0.2, -0.15) is 0 Å². The van der Waals surface area contributed by atoms with E-state index >= 15 is 0 Å². The summed E-state index contributed by atoms with van der Waals surface area (Å²) in [5.41, 5.74) is 1.72. The average molecular weight is 275 g/mol. The lowest BCUT2D eigenvalue weighted by Crippen LogP contribution is -2.51. The first-order valence-corrected chi connectivity index (χ1v) is 7.92. The molecule has 1 unspecified atom stereocenters. The van der Waals surface area contributed by atoms with Crippen molar-refractivity contribution >= 4 is 5.78 Å². The molecule has 1 aromatic carbocycles. The Bertz CT molecular complexity index is 437. The number of Topliss-reactive ketones (excluding diaryl/α,β-unsaturated/α-hetero) is 1. The summed E-state index contributed by atoms with van der Waals surface area (Å²) in [5.74, 6) is 0.252. The monoisotopic (exact) mass is 275 g/mol. The average Bonchev–Trinajstić information content (AvgIpc) is 2.48. The van der Waals surface area contributed by atoms with E-state index < -0.39 is 5.54 Å². The highest BCUT2D eigenvalue weighted by atomic mass is 16.1. The van der Waals surface area contributed by atoms with Crippen LogP contribution in [0.1, 0.15) is 63.4 Å². The molecule has 1 atom stereocenters. The third-order valence-electron chi connectivity index (χ3n) is 4.37. The topological polar surface area (TPSA) is 20.3 Å². The van der Waals surface area contributed by atoms with E-state index in [4.69, 9.17) is 0 Å². The molecule has 0 N–H and O–H groups in total. The number of hydrogen-bond acceptors (Lipinski definition) is 2. The maximum absolute atomic E-state index is 13.0. The molecule has 0 heterocycles. The van der Waals surface area contributed by atoms with E-state index in [9.17, 15) is 4.79 Å². The number of ketones is 1. The maximum Gasteiger partial charge on any atom is 0.182 e. The first kappa shape index (κ1) is 16.9. The van der Waals surface area contributed by atoms with Crippen LogP contribution in [0, 0.1) is 0 Å². The summed E-state index contributed by atoms with van der Waals surface area (Å²) in [6.45, 7) is 12.4. The molecule has 0 aromatic heterocycles. The van der Waals surface area contributed by atoms with E-state index in [0.717, 1.165) is 37.9 Å². The molecule has 0 bridgehead atoms. The Hall–Kier alpha value is -1.15. The maximum atomic E-state index is 13.0. The normalized spacial score (nSPS) is 14.3. The first-order valence-electron chi connectivity index (χ1n) is 7.92. The SMILES string of the molecule is CCCc1cccc(C(=O)C(C)(CC)N(CC)CC)c1. The summed E-state index contributed by atoms with van der Waals surface area (Å²) in [7, 11) is 0. The number of carbonyl (C=O) groups excluding carboxylic acids is 1. The molecule has 0 aliphatic rings. The molecule has 1 aromatic rings. The summed E-state index contributed by atoms with van der Waals surface area (Å²) in [5, 5.41) is 0. The highest BCUT2D eigenvalue weighted by Crippen LogP contribution is 2.25. The largest absolute Gasteiger partial charge is 0.292 e. The smallest absolute Gasteiger partial charge is 0.182 e. The zero-order valence-corrected chi connectivity index (χ0v) is 13.7. The molecule has 0 spiro atoms. The van der Waals surface area contributed by atoms with Gasteiger partial charge in [-0.25, -0.2) is 0 Å². The lowest BCUT2D eigenvalue weighted by molar-refractivity contribution is 0.0607. The molecule has 0 saturated heterocycles. The predicted molar refractivity (Wildman–Crippen MR) is 86.4 cm³/mol. The molecule has 0 amide bonds. The molecule has 20 heavy (non-hydrogen) atoms. The molecule has 0 aliphatic heterocycles. The highest BCUT2D eigenvalue weighted by molar-refractivity contribution is 6.03. The lowest BCUT2D eigenvalue weighted by Gasteiger charge is -2.38. The Morgan fingerprint density at radius 2 is 1.80 bits per heavy atom. The molecule has 0 radical (unpaired) electrons. The number of likely N-dealkylation sites (N-methyl/N-ethyl adjacent to an activating group) is 1. The standard InChI is InChI=1S/C18H29NO/c1-6-11-15-12-10-13-16(14-15)17(20)18(5,7-2)19(8-3)9-4/h10,12-14H,6-9,11H2,1-5H3. The van der Waals surface area contributed by atoms with Crippen molar-refractivity contribution in [1.82, 2.24) is 4.90 Å². The highest BCUT2D eigenvalue weighted by Gasteiger charge is 2.36. The molecular formula is C18H29NO. The molecular weight excluding hydrogens is 246 g/mol. The summed E-state index contributed by atoms with van der Waals surface area (Å²) in [4.78, 5) is 15.2. The third kappa shape index (κ3) is 3.49. The number of rotatable bonds is 8. The van der Waals surface area contributed by atoms with Gasteiger partial charge < -0.3 is 0 Å². The van der Waals surface area contributed by atoms with E-state index in [-0.39, 0.29) is 5.78 Å². The second kappa shape index (κ2) is 7.58. The van der Waals surface area contributed by atoms with Crippen molar-refractivity contribution in [2.75, 3.05) is 13.1 Å². The minimum absolute atomic E-state index is 0.252. The molecule has 2 nitrogen and oxygen atoms in total. The molecule has 1 rings (SSSR count). The van der Waals surface area contributed by atoms with Crippen LogP contribution in [0.4, 0.5) is 0 Å². The number of nitrogens with zero attached hydrogens (tertiary/aromatic N) is 1. The van der Waals surface area contributed by atoms with Crippen LogP contribution in [0.15, 0.2) is 24.3 Å². The Morgan fingerprint density at radius 3 is 2.30 bits per heavy atom. The van der Waals surface area contributed by atoms with Gasteiger partial charge in [0.2, 0.25) is 0 Å². The Labute approximate surface area is 124 Å². The number of benzene rings is 1. The van der Waals surface area contributed by atoms with Crippen LogP contribution in [0.3, 0.4) is 0 Å². The van der Waals surface area contributed by atoms with E-state index in [1.807, 2.05) is 12.1 Å². The van der Waals surface area contributed by atoms with E-state index in [1.165, 1.54) is 5.56 Å². The van der Waals surface area contributed by atoms with Crippen molar-refractivity contribution < 1.29 is 4.79 Å². The number of hydrogen-bond donors (Lipinski definition) is 0. The first-order chi connectivity index (χ1) is 9.53. The van der Waals surface area contributed by atoms with Crippen LogP contribution in [-0.2, 0) is 6.42 Å². The molecule has 0 fully saturated rings. The number of aryl methyl sites for hydroxylation is 1. The quantitative estimate of drug-likeness (QED) is 0.658. The molecule has 2 heteroatoms. The van der Waals surface area contributed by atoms with E-state index in [0.29, 0.717) is 0 Å². The van der Waals surface area contributed by atoms with Gasteiger partial charge >= 0.3 is 0 Å². The van der Waals surface area contributed by atoms with Crippen LogP contribution >= 0.6 is 0 Å². The number of carbonyl (C=O) groups is 1. The zero-order valence-electron chi connectivity index (χ0n) is 13.7. The minimum atomic E-state index is -0.395. The lowest BCUT2D eigenvalue weighted by atomic mass is 9.86. The van der Waals surface area contributed by atoms with Gasteiger partial charge in [-0.1, -0.05) is 52.3 Å². The Balaban J connectivity index is 3.10. The van der Waals surface area contributed by atoms with Gasteiger partial charge in [0.15, 0.2) is 5.78 Å². The van der Waals surface area contributed by atoms with E-state index in [2.05, 4.69) is 51.7 Å². The van der Waals surface area contributed by atoms with Gasteiger partial charge in [0, 0.05) is 5.56 Å². The van der Waals surface area contributed by atoms with Crippen LogP contribution in [-0.4, -0.2) is 29.3 Å². The van der Waals surface area contributed by atoms with Gasteiger partial charge in [-0.3, -0.25) is 9.69 Å². The van der Waals surface area contributed by atoms with Gasteiger partial charge in [0.25, 0.3) is 0 Å². The predicted octanol–water partition coefficient (Wildman–Crippen LogP) is 4.33. The third-order valence-corrected chi connectivity index (χ3v) is 4.37. The fourth-order valence-corrected chi connectivity index (χ4v) is 2.92. The van der Waals surface area contributed by atoms with Crippen molar-refractivity contribution in [2.24, 2.45) is 0 Å². The summed E-state index contributed by atoms with van der Waals surface area (Å²) < 4.78 is 0.